The van der Waals surface area contributed by atoms with Crippen molar-refractivity contribution in [2.75, 3.05) is 0 Å². The van der Waals surface area contributed by atoms with Crippen LogP contribution in [0.4, 0.5) is 0 Å². The van der Waals surface area contributed by atoms with Gasteiger partial charge >= 0.3 is 11.9 Å². The monoisotopic (exact) mass is 302 g/mol. The number of carbonyl (C=O) groups is 2. The largest absolute Gasteiger partial charge is 0.477 e. The van der Waals surface area contributed by atoms with Gasteiger partial charge in [-0.15, -0.1) is 0 Å². The molecule has 22 heavy (non-hydrogen) atoms. The second kappa shape index (κ2) is 7.31. The molecule has 0 saturated carbocycles. The van der Waals surface area contributed by atoms with Gasteiger partial charge in [0, 0.05) is 24.3 Å². The Kier molecular flexibility index (Phi) is 5.19. The molecule has 2 rings (SSSR count). The van der Waals surface area contributed by atoms with E-state index in [0.717, 1.165) is 24.0 Å². The number of hydrogen-bond acceptors (Lipinski definition) is 2. The molecule has 2 aromatic rings. The van der Waals surface area contributed by atoms with Crippen LogP contribution in [0.2, 0.25) is 0 Å². The number of nitrogens with zero attached hydrogens (tertiary/aromatic N) is 2. The Morgan fingerprint density at radius 2 is 1.05 bits per heavy atom. The SMILES string of the molecule is O=C(O)C[n+]1ccc(CCc2cc[n+](CC(=O)O)cc2)cc1. The first kappa shape index (κ1) is 15.6. The van der Waals surface area contributed by atoms with E-state index in [4.69, 9.17) is 10.2 Å². The fourth-order valence-electron chi connectivity index (χ4n) is 2.12. The van der Waals surface area contributed by atoms with Gasteiger partial charge in [0.2, 0.25) is 13.1 Å². The lowest BCUT2D eigenvalue weighted by atomic mass is 10.1. The fourth-order valence-corrected chi connectivity index (χ4v) is 2.12. The van der Waals surface area contributed by atoms with Crippen molar-refractivity contribution < 1.29 is 28.9 Å². The van der Waals surface area contributed by atoms with Gasteiger partial charge < -0.3 is 10.2 Å². The highest BCUT2D eigenvalue weighted by atomic mass is 16.4. The molecule has 0 fully saturated rings. The summed E-state index contributed by atoms with van der Waals surface area (Å²) in [5, 5.41) is 17.4. The molecule has 0 aliphatic heterocycles. The zero-order chi connectivity index (χ0) is 15.9. The Labute approximate surface area is 127 Å². The zero-order valence-electron chi connectivity index (χ0n) is 12.1. The van der Waals surface area contributed by atoms with Crippen LogP contribution in [0.15, 0.2) is 49.1 Å². The summed E-state index contributed by atoms with van der Waals surface area (Å²) in [5.41, 5.74) is 2.26. The Bertz CT molecular complexity index is 591. The summed E-state index contributed by atoms with van der Waals surface area (Å²) in [7, 11) is 0. The van der Waals surface area contributed by atoms with Crippen LogP contribution in [0.25, 0.3) is 0 Å². The summed E-state index contributed by atoms with van der Waals surface area (Å²) in [5.74, 6) is -1.73. The highest BCUT2D eigenvalue weighted by molar-refractivity contribution is 5.65. The van der Waals surface area contributed by atoms with Gasteiger partial charge in [0.1, 0.15) is 0 Å². The van der Waals surface area contributed by atoms with Gasteiger partial charge in [0.15, 0.2) is 24.8 Å². The molecule has 2 N–H and O–H groups in total. The smallest absolute Gasteiger partial charge is 0.370 e. The number of aliphatic carboxylic acids is 2. The predicted octanol–water partition coefficient (Wildman–Crippen LogP) is 0.216. The van der Waals surface area contributed by atoms with E-state index in [-0.39, 0.29) is 13.1 Å². The Morgan fingerprint density at radius 3 is 1.32 bits per heavy atom. The molecule has 0 atom stereocenters. The maximum Gasteiger partial charge on any atom is 0.370 e. The molecular formula is C16H18N2O4+2. The Morgan fingerprint density at radius 1 is 0.727 bits per heavy atom. The third-order valence-corrected chi connectivity index (χ3v) is 3.26. The maximum atomic E-state index is 10.6. The van der Waals surface area contributed by atoms with Gasteiger partial charge in [0.25, 0.3) is 0 Å². The van der Waals surface area contributed by atoms with Crippen molar-refractivity contribution >= 4 is 11.9 Å². The molecule has 0 aliphatic rings. The van der Waals surface area contributed by atoms with Gasteiger partial charge in [-0.3, -0.25) is 0 Å². The number of rotatable bonds is 7. The predicted molar refractivity (Wildman–Crippen MR) is 76.0 cm³/mol. The van der Waals surface area contributed by atoms with Crippen LogP contribution in [0.3, 0.4) is 0 Å². The van der Waals surface area contributed by atoms with Crippen LogP contribution in [0.5, 0.6) is 0 Å². The van der Waals surface area contributed by atoms with Crippen molar-refractivity contribution in [1.82, 2.24) is 0 Å². The normalized spacial score (nSPS) is 10.4. The first-order valence-electron chi connectivity index (χ1n) is 6.92. The molecule has 2 heterocycles. The molecule has 0 aliphatic carbocycles. The number of carboxylic acid groups (broad SMARTS) is 2. The van der Waals surface area contributed by atoms with Gasteiger partial charge in [0.05, 0.1) is 0 Å². The van der Waals surface area contributed by atoms with Crippen molar-refractivity contribution in [3.8, 4) is 0 Å². The molecule has 0 bridgehead atoms. The van der Waals surface area contributed by atoms with E-state index in [1.807, 2.05) is 24.3 Å². The molecule has 0 unspecified atom stereocenters. The van der Waals surface area contributed by atoms with Crippen LogP contribution < -0.4 is 9.13 Å². The third kappa shape index (κ3) is 4.97. The molecule has 0 radical (unpaired) electrons. The molecule has 0 spiro atoms. The van der Waals surface area contributed by atoms with Gasteiger partial charge in [-0.1, -0.05) is 0 Å². The summed E-state index contributed by atoms with van der Waals surface area (Å²) in [4.78, 5) is 21.2. The summed E-state index contributed by atoms with van der Waals surface area (Å²) < 4.78 is 3.23. The molecule has 6 nitrogen and oxygen atoms in total. The third-order valence-electron chi connectivity index (χ3n) is 3.26. The van der Waals surface area contributed by atoms with Crippen LogP contribution in [-0.4, -0.2) is 22.2 Å². The number of carboxylic acids is 2. The second-order valence-corrected chi connectivity index (χ2v) is 5.04. The minimum absolute atomic E-state index is 0.0391. The number of aromatic nitrogens is 2. The van der Waals surface area contributed by atoms with E-state index in [2.05, 4.69) is 0 Å². The lowest BCUT2D eigenvalue weighted by Crippen LogP contribution is -2.37. The van der Waals surface area contributed by atoms with Crippen molar-refractivity contribution in [3.63, 3.8) is 0 Å². The van der Waals surface area contributed by atoms with Crippen LogP contribution in [-0.2, 0) is 35.5 Å². The summed E-state index contributed by atoms with van der Waals surface area (Å²) >= 11 is 0. The highest BCUT2D eigenvalue weighted by Gasteiger charge is 2.08. The van der Waals surface area contributed by atoms with E-state index in [1.165, 1.54) is 0 Å². The van der Waals surface area contributed by atoms with Crippen LogP contribution in [0, 0.1) is 0 Å². The number of hydrogen-bond donors (Lipinski definition) is 2. The van der Waals surface area contributed by atoms with Crippen molar-refractivity contribution in [2.45, 2.75) is 25.9 Å². The van der Waals surface area contributed by atoms with Crippen LogP contribution >= 0.6 is 0 Å². The Balaban J connectivity index is 1.89. The molecule has 2 aromatic heterocycles. The Hall–Kier alpha value is -2.76. The van der Waals surface area contributed by atoms with E-state index < -0.39 is 11.9 Å². The topological polar surface area (TPSA) is 82.4 Å². The van der Waals surface area contributed by atoms with Crippen LogP contribution in [0.1, 0.15) is 11.1 Å². The first-order valence-corrected chi connectivity index (χ1v) is 6.92. The zero-order valence-corrected chi connectivity index (χ0v) is 12.1. The van der Waals surface area contributed by atoms with Gasteiger partial charge in [-0.2, -0.15) is 9.13 Å². The van der Waals surface area contributed by atoms with E-state index in [9.17, 15) is 9.59 Å². The van der Waals surface area contributed by atoms with Crippen molar-refractivity contribution in [2.24, 2.45) is 0 Å². The van der Waals surface area contributed by atoms with Crippen molar-refractivity contribution in [1.29, 1.82) is 0 Å². The number of pyridine rings is 2. The molecular weight excluding hydrogens is 284 g/mol. The lowest BCUT2D eigenvalue weighted by Gasteiger charge is -2.01. The maximum absolute atomic E-state index is 10.6. The van der Waals surface area contributed by atoms with Gasteiger partial charge in [-0.25, -0.2) is 9.59 Å². The minimum atomic E-state index is -0.864. The van der Waals surface area contributed by atoms with Crippen molar-refractivity contribution in [3.05, 3.63) is 60.2 Å². The number of aryl methyl sites for hydroxylation is 2. The first-order chi connectivity index (χ1) is 10.5. The molecule has 0 aromatic carbocycles. The van der Waals surface area contributed by atoms with Gasteiger partial charge in [-0.05, 0) is 24.0 Å². The molecule has 0 saturated heterocycles. The minimum Gasteiger partial charge on any atom is -0.477 e. The van der Waals surface area contributed by atoms with E-state index in [0.29, 0.717) is 0 Å². The fraction of sp³-hybridized carbons (Fsp3) is 0.250. The highest BCUT2D eigenvalue weighted by Crippen LogP contribution is 2.04. The average Bonchev–Trinajstić information content (AvgIpc) is 2.47. The summed E-state index contributed by atoms with van der Waals surface area (Å²) in [6, 6.07) is 7.65. The molecule has 6 heteroatoms. The average molecular weight is 302 g/mol. The lowest BCUT2D eigenvalue weighted by molar-refractivity contribution is -0.686. The van der Waals surface area contributed by atoms with E-state index >= 15 is 0 Å². The summed E-state index contributed by atoms with van der Waals surface area (Å²) in [6.45, 7) is -0.0783. The standard InChI is InChI=1S/C16H16N2O4/c19-15(20)11-17-7-3-13(4-8-17)1-2-14-5-9-18(10-6-14)12-16(21)22/h3-10H,1-2,11-12H2/p+2. The van der Waals surface area contributed by atoms with E-state index in [1.54, 1.807) is 33.9 Å². The molecule has 0 amide bonds. The summed E-state index contributed by atoms with van der Waals surface area (Å²) in [6.07, 6.45) is 8.72. The molecule has 114 valence electrons. The second-order valence-electron chi connectivity index (χ2n) is 5.04. The quantitative estimate of drug-likeness (QED) is 0.717.